The Balaban J connectivity index is 1.86. The molecule has 0 saturated carbocycles. The Kier molecular flexibility index (Phi) is 3.88. The van der Waals surface area contributed by atoms with Gasteiger partial charge in [0.2, 0.25) is 0 Å². The van der Waals surface area contributed by atoms with Gasteiger partial charge in [0.05, 0.1) is 11.8 Å². The average molecular weight is 315 g/mol. The maximum absolute atomic E-state index is 11.3. The molecule has 1 unspecified atom stereocenters. The van der Waals surface area contributed by atoms with Gasteiger partial charge in [0, 0.05) is 6.42 Å². The first-order chi connectivity index (χ1) is 11.1. The molecule has 2 N–H and O–H groups in total. The van der Waals surface area contributed by atoms with E-state index < -0.39 is 5.60 Å². The minimum Gasteiger partial charge on any atom is -0.463 e. The van der Waals surface area contributed by atoms with Crippen molar-refractivity contribution in [3.8, 4) is 6.07 Å². The lowest BCUT2D eigenvalue weighted by molar-refractivity contribution is -0.148. The van der Waals surface area contributed by atoms with Crippen molar-refractivity contribution in [1.82, 2.24) is 14.6 Å². The van der Waals surface area contributed by atoms with Gasteiger partial charge in [-0.1, -0.05) is 6.92 Å². The van der Waals surface area contributed by atoms with Gasteiger partial charge in [-0.3, -0.25) is 4.79 Å². The molecule has 2 aromatic rings. The number of esters is 1. The van der Waals surface area contributed by atoms with Crippen LogP contribution in [0.5, 0.6) is 0 Å². The maximum Gasteiger partial charge on any atom is 0.305 e. The zero-order valence-electron chi connectivity index (χ0n) is 12.7. The third-order valence-corrected chi connectivity index (χ3v) is 3.98. The molecule has 3 heterocycles. The van der Waals surface area contributed by atoms with Gasteiger partial charge < -0.3 is 15.2 Å². The molecule has 1 aliphatic rings. The van der Waals surface area contributed by atoms with Gasteiger partial charge >= 0.3 is 5.97 Å². The molecule has 2 aromatic heterocycles. The van der Waals surface area contributed by atoms with Gasteiger partial charge in [0.15, 0.2) is 11.4 Å². The van der Waals surface area contributed by atoms with Crippen LogP contribution in [0.1, 0.15) is 31.9 Å². The average Bonchev–Trinajstić information content (AvgIpc) is 3.18. The summed E-state index contributed by atoms with van der Waals surface area (Å²) >= 11 is 0. The van der Waals surface area contributed by atoms with Gasteiger partial charge in [-0.15, -0.1) is 0 Å². The maximum atomic E-state index is 11.3. The lowest BCUT2D eigenvalue weighted by atomic mass is 9.98. The predicted octanol–water partition coefficient (Wildman–Crippen LogP) is 1.16. The summed E-state index contributed by atoms with van der Waals surface area (Å²) in [6.45, 7) is 1.88. The molecule has 0 radical (unpaired) electrons. The summed E-state index contributed by atoms with van der Waals surface area (Å²) in [5, 5.41) is 13.8. The van der Waals surface area contributed by atoms with Gasteiger partial charge in [-0.2, -0.15) is 10.4 Å². The standard InChI is InChI=1S/C15H17N5O3/c1-2-13(21)22-7-10-5-6-15(8-16,23-10)12-4-3-11-14(17)18-9-19-20(11)12/h3-4,9-10H,2,5-7H2,1H3,(H2,17,18,19)/t10?,15-/m0/s1. The number of nitriles is 1. The minimum absolute atomic E-state index is 0.149. The van der Waals surface area contributed by atoms with Gasteiger partial charge in [0.25, 0.3) is 0 Å². The van der Waals surface area contributed by atoms with Crippen LogP contribution in [-0.4, -0.2) is 33.3 Å². The summed E-state index contributed by atoms with van der Waals surface area (Å²) in [6, 6.07) is 5.77. The van der Waals surface area contributed by atoms with Crippen LogP contribution in [0.25, 0.3) is 5.52 Å². The summed E-state index contributed by atoms with van der Waals surface area (Å²) in [5.41, 5.74) is 5.93. The molecular formula is C15H17N5O3. The molecule has 1 fully saturated rings. The van der Waals surface area contributed by atoms with E-state index in [9.17, 15) is 10.1 Å². The second-order valence-corrected chi connectivity index (χ2v) is 5.41. The van der Waals surface area contributed by atoms with Crippen LogP contribution in [-0.2, 0) is 19.9 Å². The molecule has 8 heteroatoms. The van der Waals surface area contributed by atoms with E-state index in [-0.39, 0.29) is 18.7 Å². The second-order valence-electron chi connectivity index (χ2n) is 5.41. The van der Waals surface area contributed by atoms with Crippen molar-refractivity contribution in [2.75, 3.05) is 12.3 Å². The summed E-state index contributed by atoms with van der Waals surface area (Å²) in [7, 11) is 0. The van der Waals surface area contributed by atoms with Crippen LogP contribution in [0.15, 0.2) is 18.5 Å². The van der Waals surface area contributed by atoms with Crippen molar-refractivity contribution in [2.45, 2.75) is 37.9 Å². The Morgan fingerprint density at radius 3 is 3.22 bits per heavy atom. The van der Waals surface area contributed by atoms with E-state index in [0.717, 1.165) is 0 Å². The highest BCUT2D eigenvalue weighted by Crippen LogP contribution is 2.39. The Hall–Kier alpha value is -2.66. The number of nitrogens with two attached hydrogens (primary N) is 1. The van der Waals surface area contributed by atoms with Crippen LogP contribution in [0.2, 0.25) is 0 Å². The number of anilines is 1. The van der Waals surface area contributed by atoms with Crippen molar-refractivity contribution in [3.63, 3.8) is 0 Å². The fourth-order valence-corrected chi connectivity index (χ4v) is 2.76. The molecule has 8 nitrogen and oxygen atoms in total. The van der Waals surface area contributed by atoms with Gasteiger partial charge in [-0.05, 0) is 25.0 Å². The monoisotopic (exact) mass is 315 g/mol. The summed E-state index contributed by atoms with van der Waals surface area (Å²) in [6.07, 6.45) is 2.46. The Bertz CT molecular complexity index is 781. The highest BCUT2D eigenvalue weighted by atomic mass is 16.6. The lowest BCUT2D eigenvalue weighted by Gasteiger charge is -2.21. The van der Waals surface area contributed by atoms with Crippen LogP contribution in [0.3, 0.4) is 0 Å². The normalized spacial score (nSPS) is 23.7. The number of hydrogen-bond donors (Lipinski definition) is 1. The first-order valence-corrected chi connectivity index (χ1v) is 7.43. The van der Waals surface area contributed by atoms with Gasteiger partial charge in [-0.25, -0.2) is 9.50 Å². The Morgan fingerprint density at radius 2 is 2.48 bits per heavy atom. The fourth-order valence-electron chi connectivity index (χ4n) is 2.76. The van der Waals surface area contributed by atoms with E-state index in [2.05, 4.69) is 16.2 Å². The van der Waals surface area contributed by atoms with Crippen LogP contribution < -0.4 is 5.73 Å². The first-order valence-electron chi connectivity index (χ1n) is 7.43. The largest absolute Gasteiger partial charge is 0.463 e. The second kappa shape index (κ2) is 5.85. The van der Waals surface area contributed by atoms with Gasteiger partial charge in [0.1, 0.15) is 24.5 Å². The molecule has 120 valence electrons. The Labute approximate surface area is 132 Å². The zero-order valence-corrected chi connectivity index (χ0v) is 12.7. The van der Waals surface area contributed by atoms with Crippen LogP contribution >= 0.6 is 0 Å². The molecular weight excluding hydrogens is 298 g/mol. The number of hydrogen-bond acceptors (Lipinski definition) is 7. The molecule has 0 spiro atoms. The number of aromatic nitrogens is 3. The quantitative estimate of drug-likeness (QED) is 0.842. The van der Waals surface area contributed by atoms with Crippen LogP contribution in [0, 0.1) is 11.3 Å². The molecule has 0 bridgehead atoms. The fraction of sp³-hybridized carbons (Fsp3) is 0.467. The van der Waals surface area contributed by atoms with Crippen molar-refractivity contribution >= 4 is 17.3 Å². The van der Waals surface area contributed by atoms with E-state index in [4.69, 9.17) is 15.2 Å². The number of nitrogens with zero attached hydrogens (tertiary/aromatic N) is 4. The SMILES string of the molecule is CCC(=O)OCC1CC[C@](C#N)(c2ccc3c(N)ncnn23)O1. The van der Waals surface area contributed by atoms with Crippen molar-refractivity contribution in [2.24, 2.45) is 0 Å². The molecule has 2 atom stereocenters. The summed E-state index contributed by atoms with van der Waals surface area (Å²) < 4.78 is 12.6. The zero-order chi connectivity index (χ0) is 16.4. The van der Waals surface area contributed by atoms with E-state index in [1.54, 1.807) is 23.6 Å². The smallest absolute Gasteiger partial charge is 0.305 e. The number of nitrogen functional groups attached to an aromatic ring is 1. The van der Waals surface area contributed by atoms with Crippen LogP contribution in [0.4, 0.5) is 5.82 Å². The highest BCUT2D eigenvalue weighted by Gasteiger charge is 2.44. The van der Waals surface area contributed by atoms with E-state index >= 15 is 0 Å². The number of fused-ring (bicyclic) bond motifs is 1. The number of rotatable bonds is 4. The minimum atomic E-state index is -1.13. The molecule has 0 aromatic carbocycles. The summed E-state index contributed by atoms with van der Waals surface area (Å²) in [4.78, 5) is 15.2. The third-order valence-electron chi connectivity index (χ3n) is 3.98. The first kappa shape index (κ1) is 15.2. The Morgan fingerprint density at radius 1 is 1.65 bits per heavy atom. The van der Waals surface area contributed by atoms with Crippen molar-refractivity contribution in [3.05, 3.63) is 24.2 Å². The lowest BCUT2D eigenvalue weighted by Crippen LogP contribution is -2.28. The van der Waals surface area contributed by atoms with E-state index in [1.807, 2.05) is 0 Å². The number of carbonyl (C=O) groups excluding carboxylic acids is 1. The molecule has 0 aliphatic carbocycles. The molecule has 0 amide bonds. The third kappa shape index (κ3) is 2.59. The topological polar surface area (TPSA) is 116 Å². The molecule has 1 saturated heterocycles. The molecule has 1 aliphatic heterocycles. The molecule has 3 rings (SSSR count). The van der Waals surface area contributed by atoms with Crippen molar-refractivity contribution in [1.29, 1.82) is 5.26 Å². The number of ether oxygens (including phenoxy) is 2. The number of carbonyl (C=O) groups is 1. The molecule has 23 heavy (non-hydrogen) atoms. The highest BCUT2D eigenvalue weighted by molar-refractivity contribution is 5.68. The summed E-state index contributed by atoms with van der Waals surface area (Å²) in [5.74, 6) is 0.0578. The van der Waals surface area contributed by atoms with E-state index in [1.165, 1.54) is 6.33 Å². The van der Waals surface area contributed by atoms with Crippen molar-refractivity contribution < 1.29 is 14.3 Å². The van der Waals surface area contributed by atoms with E-state index in [0.29, 0.717) is 36.3 Å². The predicted molar refractivity (Wildman–Crippen MR) is 80.0 cm³/mol.